The van der Waals surface area contributed by atoms with Crippen LogP contribution in [0.25, 0.3) is 0 Å². The van der Waals surface area contributed by atoms with E-state index >= 15 is 0 Å². The van der Waals surface area contributed by atoms with Crippen LogP contribution in [0.1, 0.15) is 40.5 Å². The molecule has 128 valence electrons. The number of fused-ring (bicyclic) bond motifs is 1. The van der Waals surface area contributed by atoms with Crippen molar-refractivity contribution in [2.45, 2.75) is 51.7 Å². The van der Waals surface area contributed by atoms with Gasteiger partial charge in [0.1, 0.15) is 5.75 Å². The fourth-order valence-electron chi connectivity index (χ4n) is 3.10. The number of carbonyl (C=O) groups is 1. The molecule has 0 atom stereocenters. The minimum absolute atomic E-state index is 0.0282. The van der Waals surface area contributed by atoms with Gasteiger partial charge in [0.25, 0.3) is 5.91 Å². The first-order chi connectivity index (χ1) is 11.3. The first-order valence-corrected chi connectivity index (χ1v) is 8.70. The van der Waals surface area contributed by atoms with E-state index in [1.54, 1.807) is 0 Å². The molecule has 1 amide bonds. The number of amides is 1. The molecule has 6 heteroatoms. The molecule has 1 aromatic rings. The number of rotatable bonds is 3. The lowest BCUT2D eigenvalue weighted by molar-refractivity contribution is -0.121. The number of hydrogen-bond donors (Lipinski definition) is 0. The first-order valence-electron chi connectivity index (χ1n) is 8.70. The van der Waals surface area contributed by atoms with Crippen LogP contribution in [-0.2, 0) is 14.1 Å². The number of ether oxygens (including phenoxy) is 1. The Labute approximate surface area is 143 Å². The Morgan fingerprint density at radius 3 is 2.46 bits per heavy atom. The second-order valence-corrected chi connectivity index (χ2v) is 8.05. The number of carbonyl (C=O) groups excluding carboxylic acids is 1. The van der Waals surface area contributed by atoms with Gasteiger partial charge in [-0.3, -0.25) is 4.79 Å². The molecule has 3 aliphatic rings. The molecule has 0 bridgehead atoms. The maximum absolute atomic E-state index is 12.3. The molecule has 0 aromatic heterocycles. The monoisotopic (exact) mass is 329 g/mol. The Balaban J connectivity index is 1.65. The van der Waals surface area contributed by atoms with Crippen molar-refractivity contribution in [1.82, 2.24) is 0 Å². The van der Waals surface area contributed by atoms with E-state index in [2.05, 4.69) is 0 Å². The van der Waals surface area contributed by atoms with Crippen molar-refractivity contribution in [3.63, 3.8) is 0 Å². The van der Waals surface area contributed by atoms with E-state index in [1.165, 1.54) is 12.8 Å². The Morgan fingerprint density at radius 2 is 1.83 bits per heavy atom. The zero-order chi connectivity index (χ0) is 17.1. The summed E-state index contributed by atoms with van der Waals surface area (Å²) in [6, 6.07) is 5.87. The van der Waals surface area contributed by atoms with Gasteiger partial charge >= 0.3 is 7.12 Å². The van der Waals surface area contributed by atoms with E-state index in [-0.39, 0.29) is 23.7 Å². The topological polar surface area (TPSA) is 48.0 Å². The van der Waals surface area contributed by atoms with Gasteiger partial charge in [-0.2, -0.15) is 0 Å². The third kappa shape index (κ3) is 2.62. The Kier molecular flexibility index (Phi) is 3.48. The van der Waals surface area contributed by atoms with Crippen molar-refractivity contribution in [3.05, 3.63) is 18.2 Å². The summed E-state index contributed by atoms with van der Waals surface area (Å²) < 4.78 is 17.9. The van der Waals surface area contributed by atoms with Gasteiger partial charge in [-0.15, -0.1) is 0 Å². The minimum atomic E-state index is -0.430. The summed E-state index contributed by atoms with van der Waals surface area (Å²) in [5, 5.41) is 0. The number of hydrogen-bond acceptors (Lipinski definition) is 4. The van der Waals surface area contributed by atoms with Gasteiger partial charge in [-0.05, 0) is 64.1 Å². The molecular formula is C18H24BNO4. The zero-order valence-corrected chi connectivity index (χ0v) is 14.8. The number of benzene rings is 1. The summed E-state index contributed by atoms with van der Waals surface area (Å²) in [6.45, 7) is 9.06. The van der Waals surface area contributed by atoms with Gasteiger partial charge in [-0.1, -0.05) is 6.07 Å². The van der Waals surface area contributed by atoms with Crippen molar-refractivity contribution in [3.8, 4) is 5.75 Å². The predicted molar refractivity (Wildman–Crippen MR) is 92.7 cm³/mol. The van der Waals surface area contributed by atoms with Crippen molar-refractivity contribution < 1.29 is 18.8 Å². The Morgan fingerprint density at radius 1 is 1.17 bits per heavy atom. The standard InChI is InChI=1S/C18H24BNO4/c1-17(2)18(3,4)24-19(23-17)13-7-8-15-14(9-13)20(10-12-5-6-12)16(21)11-22-15/h7-9,12H,5-6,10-11H2,1-4H3. The van der Waals surface area contributed by atoms with Crippen LogP contribution in [0, 0.1) is 5.92 Å². The first kappa shape index (κ1) is 16.0. The molecule has 2 aliphatic heterocycles. The van der Waals surface area contributed by atoms with Crippen LogP contribution in [0.2, 0.25) is 0 Å². The Hall–Kier alpha value is -1.53. The summed E-state index contributed by atoms with van der Waals surface area (Å²) in [5.41, 5.74) is 0.998. The molecule has 4 rings (SSSR count). The van der Waals surface area contributed by atoms with Crippen LogP contribution >= 0.6 is 0 Å². The molecule has 0 unspecified atom stereocenters. The van der Waals surface area contributed by atoms with Gasteiger partial charge in [0.05, 0.1) is 16.9 Å². The molecule has 2 fully saturated rings. The third-order valence-corrected chi connectivity index (χ3v) is 5.59. The molecule has 0 radical (unpaired) electrons. The SMILES string of the molecule is CC1(C)OB(c2ccc3c(c2)N(CC2CC2)C(=O)CO3)OC1(C)C. The van der Waals surface area contributed by atoms with Gasteiger partial charge < -0.3 is 18.9 Å². The highest BCUT2D eigenvalue weighted by molar-refractivity contribution is 6.62. The smallest absolute Gasteiger partial charge is 0.482 e. The van der Waals surface area contributed by atoms with E-state index in [0.717, 1.165) is 23.4 Å². The normalized spacial score (nSPS) is 24.8. The van der Waals surface area contributed by atoms with Crippen LogP contribution in [0.3, 0.4) is 0 Å². The summed E-state index contributed by atoms with van der Waals surface area (Å²) in [4.78, 5) is 14.2. The second-order valence-electron chi connectivity index (χ2n) is 8.05. The van der Waals surface area contributed by atoms with Gasteiger partial charge in [0.2, 0.25) is 0 Å². The van der Waals surface area contributed by atoms with Crippen molar-refractivity contribution in [2.75, 3.05) is 18.1 Å². The molecule has 1 aliphatic carbocycles. The molecule has 0 N–H and O–H groups in total. The fraction of sp³-hybridized carbons (Fsp3) is 0.611. The molecular weight excluding hydrogens is 305 g/mol. The van der Waals surface area contributed by atoms with E-state index in [0.29, 0.717) is 5.92 Å². The van der Waals surface area contributed by atoms with E-state index in [4.69, 9.17) is 14.0 Å². The highest BCUT2D eigenvalue weighted by Gasteiger charge is 2.52. The average molecular weight is 329 g/mol. The lowest BCUT2D eigenvalue weighted by Gasteiger charge is -2.32. The van der Waals surface area contributed by atoms with Gasteiger partial charge in [-0.25, -0.2) is 0 Å². The van der Waals surface area contributed by atoms with Crippen LogP contribution in [0.4, 0.5) is 5.69 Å². The molecule has 1 saturated heterocycles. The van der Waals surface area contributed by atoms with Crippen LogP contribution in [0.15, 0.2) is 18.2 Å². The zero-order valence-electron chi connectivity index (χ0n) is 14.8. The van der Waals surface area contributed by atoms with Gasteiger partial charge in [0.15, 0.2) is 6.61 Å². The number of anilines is 1. The van der Waals surface area contributed by atoms with Crippen LogP contribution in [0.5, 0.6) is 5.75 Å². The average Bonchev–Trinajstić information content (AvgIpc) is 3.29. The highest BCUT2D eigenvalue weighted by atomic mass is 16.7. The predicted octanol–water partition coefficient (Wildman–Crippen LogP) is 2.12. The molecule has 2 heterocycles. The summed E-state index contributed by atoms with van der Waals surface area (Å²) >= 11 is 0. The third-order valence-electron chi connectivity index (χ3n) is 5.59. The van der Waals surface area contributed by atoms with E-state index < -0.39 is 7.12 Å². The molecule has 1 saturated carbocycles. The number of nitrogens with zero attached hydrogens (tertiary/aromatic N) is 1. The lowest BCUT2D eigenvalue weighted by Crippen LogP contribution is -2.42. The second kappa shape index (κ2) is 5.23. The van der Waals surface area contributed by atoms with Crippen LogP contribution in [-0.4, -0.2) is 37.4 Å². The molecule has 1 aromatic carbocycles. The van der Waals surface area contributed by atoms with Crippen molar-refractivity contribution in [2.24, 2.45) is 5.92 Å². The fourth-order valence-corrected chi connectivity index (χ4v) is 3.10. The quantitative estimate of drug-likeness (QED) is 0.797. The maximum atomic E-state index is 12.3. The molecule has 0 spiro atoms. The summed E-state index contributed by atoms with van der Waals surface area (Å²) in [5.74, 6) is 1.41. The van der Waals surface area contributed by atoms with Gasteiger partial charge in [0, 0.05) is 6.54 Å². The maximum Gasteiger partial charge on any atom is 0.494 e. The lowest BCUT2D eigenvalue weighted by atomic mass is 9.78. The van der Waals surface area contributed by atoms with Crippen LogP contribution < -0.4 is 15.1 Å². The van der Waals surface area contributed by atoms with Crippen molar-refractivity contribution >= 4 is 24.2 Å². The Bertz CT molecular complexity index is 668. The molecule has 5 nitrogen and oxygen atoms in total. The molecule has 24 heavy (non-hydrogen) atoms. The van der Waals surface area contributed by atoms with E-state index in [9.17, 15) is 4.79 Å². The summed E-state index contributed by atoms with van der Waals surface area (Å²) in [7, 11) is -0.430. The van der Waals surface area contributed by atoms with Crippen molar-refractivity contribution in [1.29, 1.82) is 0 Å². The highest BCUT2D eigenvalue weighted by Crippen LogP contribution is 2.39. The largest absolute Gasteiger partial charge is 0.494 e. The minimum Gasteiger partial charge on any atom is -0.482 e. The summed E-state index contributed by atoms with van der Waals surface area (Å²) in [6.07, 6.45) is 2.41. The van der Waals surface area contributed by atoms with E-state index in [1.807, 2.05) is 50.8 Å².